The van der Waals surface area contributed by atoms with E-state index in [2.05, 4.69) is 10.3 Å². The predicted molar refractivity (Wildman–Crippen MR) is 118 cm³/mol. The van der Waals surface area contributed by atoms with Gasteiger partial charge in [-0.05, 0) is 42.5 Å². The van der Waals surface area contributed by atoms with Gasteiger partial charge < -0.3 is 10.1 Å². The summed E-state index contributed by atoms with van der Waals surface area (Å²) in [5, 5.41) is 2.32. The standard InChI is InChI=1S/C25H21F5N2O3/c1-2-24(26,27)18-12-17(13-19(15-18)25(28,29)30)23(34)32-11-8-22(33)16-4-3-5-21(14-16)35-20-6-9-31-10-7-20/h3-7,9-10,12-15H,2,8,11H2,1H3,(H,32,34). The Morgan fingerprint density at radius 3 is 2.23 bits per heavy atom. The van der Waals surface area contributed by atoms with Gasteiger partial charge in [0.15, 0.2) is 5.78 Å². The number of halogens is 5. The SMILES string of the molecule is CCC(F)(F)c1cc(C(=O)NCCC(=O)c2cccc(Oc3ccncc3)c2)cc(C(F)(F)F)c1. The first-order valence-electron chi connectivity index (χ1n) is 10.6. The van der Waals surface area contributed by atoms with Gasteiger partial charge in [-0.25, -0.2) is 8.78 Å². The minimum Gasteiger partial charge on any atom is -0.457 e. The van der Waals surface area contributed by atoms with Gasteiger partial charge in [-0.1, -0.05) is 19.1 Å². The molecule has 0 aliphatic carbocycles. The number of nitrogens with one attached hydrogen (secondary N) is 1. The molecule has 1 amide bonds. The molecule has 2 aromatic carbocycles. The lowest BCUT2D eigenvalue weighted by atomic mass is 9.99. The van der Waals surface area contributed by atoms with Crippen LogP contribution in [0.15, 0.2) is 67.0 Å². The first-order valence-corrected chi connectivity index (χ1v) is 10.6. The Kier molecular flexibility index (Phi) is 7.83. The fourth-order valence-electron chi connectivity index (χ4n) is 3.15. The van der Waals surface area contributed by atoms with Crippen molar-refractivity contribution in [3.8, 4) is 11.5 Å². The van der Waals surface area contributed by atoms with E-state index in [0.717, 1.165) is 13.0 Å². The van der Waals surface area contributed by atoms with Crippen molar-refractivity contribution in [1.82, 2.24) is 10.3 Å². The van der Waals surface area contributed by atoms with Crippen molar-refractivity contribution in [3.63, 3.8) is 0 Å². The number of amides is 1. The van der Waals surface area contributed by atoms with Gasteiger partial charge in [0.05, 0.1) is 5.56 Å². The molecule has 184 valence electrons. The molecule has 0 bridgehead atoms. The zero-order valence-electron chi connectivity index (χ0n) is 18.5. The van der Waals surface area contributed by atoms with Gasteiger partial charge in [0.25, 0.3) is 11.8 Å². The van der Waals surface area contributed by atoms with Crippen molar-refractivity contribution in [2.45, 2.75) is 31.9 Å². The molecule has 0 radical (unpaired) electrons. The summed E-state index contributed by atoms with van der Waals surface area (Å²) in [6.45, 7) is 0.922. The Morgan fingerprint density at radius 1 is 0.886 bits per heavy atom. The molecule has 0 fully saturated rings. The number of ether oxygens (including phenoxy) is 1. The minimum absolute atomic E-state index is 0.165. The average Bonchev–Trinajstić information content (AvgIpc) is 2.84. The van der Waals surface area contributed by atoms with Crippen LogP contribution in [0.4, 0.5) is 22.0 Å². The summed E-state index contributed by atoms with van der Waals surface area (Å²) in [6, 6.07) is 11.2. The van der Waals surface area contributed by atoms with Gasteiger partial charge in [0.2, 0.25) is 0 Å². The maximum Gasteiger partial charge on any atom is 0.416 e. The van der Waals surface area contributed by atoms with Crippen LogP contribution in [0.1, 0.15) is 51.6 Å². The van der Waals surface area contributed by atoms with Crippen LogP contribution in [0.25, 0.3) is 0 Å². The van der Waals surface area contributed by atoms with Gasteiger partial charge >= 0.3 is 6.18 Å². The predicted octanol–water partition coefficient (Wildman–Crippen LogP) is 6.40. The summed E-state index contributed by atoms with van der Waals surface area (Å²) in [7, 11) is 0. The first-order chi connectivity index (χ1) is 16.5. The fraction of sp³-hybridized carbons (Fsp3) is 0.240. The molecular weight excluding hydrogens is 471 g/mol. The number of rotatable bonds is 9. The number of Topliss-reactive ketones (excluding diaryl/α,β-unsaturated/α-hetero) is 1. The summed E-state index contributed by atoms with van der Waals surface area (Å²) >= 11 is 0. The molecule has 0 aliphatic rings. The second-order valence-electron chi connectivity index (χ2n) is 7.60. The molecule has 0 spiro atoms. The summed E-state index contributed by atoms with van der Waals surface area (Å²) < 4.78 is 73.3. The summed E-state index contributed by atoms with van der Waals surface area (Å²) in [5.41, 5.74) is -2.52. The lowest BCUT2D eigenvalue weighted by molar-refractivity contribution is -0.137. The van der Waals surface area contributed by atoms with Crippen molar-refractivity contribution >= 4 is 11.7 Å². The van der Waals surface area contributed by atoms with E-state index in [-0.39, 0.29) is 18.7 Å². The largest absolute Gasteiger partial charge is 0.457 e. The van der Waals surface area contributed by atoms with Crippen molar-refractivity contribution in [2.24, 2.45) is 0 Å². The van der Waals surface area contributed by atoms with E-state index in [9.17, 15) is 31.5 Å². The van der Waals surface area contributed by atoms with E-state index in [1.165, 1.54) is 6.07 Å². The molecule has 5 nitrogen and oxygen atoms in total. The fourth-order valence-corrected chi connectivity index (χ4v) is 3.15. The molecular formula is C25H21F5N2O3. The number of hydrogen-bond donors (Lipinski definition) is 1. The number of aromatic nitrogens is 1. The van der Waals surface area contributed by atoms with E-state index in [1.54, 1.807) is 42.7 Å². The number of alkyl halides is 5. The molecule has 3 aromatic rings. The maximum absolute atomic E-state index is 14.1. The molecule has 0 atom stereocenters. The molecule has 3 rings (SSSR count). The van der Waals surface area contributed by atoms with Crippen molar-refractivity contribution in [1.29, 1.82) is 0 Å². The quantitative estimate of drug-likeness (QED) is 0.277. The first kappa shape index (κ1) is 25.8. The molecule has 10 heteroatoms. The van der Waals surface area contributed by atoms with Crippen LogP contribution in [0.2, 0.25) is 0 Å². The molecule has 0 unspecified atom stereocenters. The zero-order chi connectivity index (χ0) is 25.6. The number of benzene rings is 2. The lowest BCUT2D eigenvalue weighted by Crippen LogP contribution is -2.27. The highest BCUT2D eigenvalue weighted by atomic mass is 19.4. The second kappa shape index (κ2) is 10.6. The second-order valence-corrected chi connectivity index (χ2v) is 7.60. The van der Waals surface area contributed by atoms with Crippen LogP contribution in [0.5, 0.6) is 11.5 Å². The number of pyridine rings is 1. The maximum atomic E-state index is 14.1. The molecule has 35 heavy (non-hydrogen) atoms. The van der Waals surface area contributed by atoms with Crippen LogP contribution in [-0.2, 0) is 12.1 Å². The molecule has 0 aliphatic heterocycles. The van der Waals surface area contributed by atoms with Gasteiger partial charge in [-0.15, -0.1) is 0 Å². The van der Waals surface area contributed by atoms with Crippen molar-refractivity contribution in [3.05, 3.63) is 89.2 Å². The van der Waals surface area contributed by atoms with Crippen molar-refractivity contribution in [2.75, 3.05) is 6.54 Å². The third kappa shape index (κ3) is 6.84. The van der Waals surface area contributed by atoms with Crippen LogP contribution < -0.4 is 10.1 Å². The Labute approximate surface area is 197 Å². The van der Waals surface area contributed by atoms with Crippen molar-refractivity contribution < 1.29 is 36.3 Å². The minimum atomic E-state index is -4.91. The lowest BCUT2D eigenvalue weighted by Gasteiger charge is -2.18. The Hall–Kier alpha value is -3.82. The Bertz CT molecular complexity index is 1200. The number of nitrogens with zero attached hydrogens (tertiary/aromatic N) is 1. The Morgan fingerprint density at radius 2 is 1.57 bits per heavy atom. The summed E-state index contributed by atoms with van der Waals surface area (Å²) in [4.78, 5) is 28.8. The van der Waals surface area contributed by atoms with Gasteiger partial charge in [0, 0.05) is 48.5 Å². The third-order valence-electron chi connectivity index (χ3n) is 5.07. The topological polar surface area (TPSA) is 68.3 Å². The van der Waals surface area contributed by atoms with E-state index < -0.39 is 41.1 Å². The molecule has 1 aromatic heterocycles. The normalized spacial score (nSPS) is 11.7. The number of carbonyl (C=O) groups excluding carboxylic acids is 2. The number of carbonyl (C=O) groups is 2. The zero-order valence-corrected chi connectivity index (χ0v) is 18.5. The van der Waals surface area contributed by atoms with E-state index in [4.69, 9.17) is 4.74 Å². The summed E-state index contributed by atoms with van der Waals surface area (Å²) in [6.07, 6.45) is -2.71. The molecule has 0 saturated carbocycles. The number of ketones is 1. The average molecular weight is 492 g/mol. The van der Waals surface area contributed by atoms with Crippen LogP contribution in [-0.4, -0.2) is 23.2 Å². The van der Waals surface area contributed by atoms with E-state index in [1.807, 2.05) is 0 Å². The molecule has 0 saturated heterocycles. The molecule has 1 heterocycles. The highest BCUT2D eigenvalue weighted by molar-refractivity contribution is 5.98. The smallest absolute Gasteiger partial charge is 0.416 e. The molecule has 1 N–H and O–H groups in total. The highest BCUT2D eigenvalue weighted by Gasteiger charge is 2.36. The third-order valence-corrected chi connectivity index (χ3v) is 5.07. The van der Waals surface area contributed by atoms with E-state index >= 15 is 0 Å². The van der Waals surface area contributed by atoms with Gasteiger partial charge in [0.1, 0.15) is 11.5 Å². The monoisotopic (exact) mass is 492 g/mol. The van der Waals surface area contributed by atoms with Crippen LogP contribution in [0, 0.1) is 0 Å². The van der Waals surface area contributed by atoms with Gasteiger partial charge in [-0.3, -0.25) is 14.6 Å². The highest BCUT2D eigenvalue weighted by Crippen LogP contribution is 2.37. The van der Waals surface area contributed by atoms with Gasteiger partial charge in [-0.2, -0.15) is 13.2 Å². The van der Waals surface area contributed by atoms with Crippen LogP contribution >= 0.6 is 0 Å². The number of hydrogen-bond acceptors (Lipinski definition) is 4. The summed E-state index contributed by atoms with van der Waals surface area (Å²) in [5.74, 6) is -3.96. The Balaban J connectivity index is 1.66. The van der Waals surface area contributed by atoms with Crippen LogP contribution in [0.3, 0.4) is 0 Å². The van der Waals surface area contributed by atoms with E-state index in [0.29, 0.717) is 29.2 Å².